The van der Waals surface area contributed by atoms with Crippen LogP contribution in [0.15, 0.2) is 35.2 Å². The second kappa shape index (κ2) is 4.31. The summed E-state index contributed by atoms with van der Waals surface area (Å²) in [5.74, 6) is 0.512. The summed E-state index contributed by atoms with van der Waals surface area (Å²) in [6.45, 7) is 4.25. The SMILES string of the molecule is CC1(C)C2CCC1(CS(=O)(=O)c1ccccc1)[C@H](O)C2. The van der Waals surface area contributed by atoms with Gasteiger partial charge in [-0.25, -0.2) is 8.42 Å². The zero-order chi connectivity index (χ0) is 14.6. The molecule has 2 unspecified atom stereocenters. The second-order valence-corrected chi connectivity index (χ2v) is 8.93. The van der Waals surface area contributed by atoms with Crippen LogP contribution in [-0.4, -0.2) is 25.4 Å². The highest BCUT2D eigenvalue weighted by Gasteiger charge is 2.64. The highest BCUT2D eigenvalue weighted by Crippen LogP contribution is 2.66. The second-order valence-electron chi connectivity index (χ2n) is 6.94. The smallest absolute Gasteiger partial charge is 0.179 e. The van der Waals surface area contributed by atoms with Gasteiger partial charge in [-0.2, -0.15) is 0 Å². The Kier molecular flexibility index (Phi) is 3.04. The van der Waals surface area contributed by atoms with E-state index in [0.29, 0.717) is 10.8 Å². The van der Waals surface area contributed by atoms with Crippen molar-refractivity contribution >= 4 is 9.84 Å². The molecule has 2 saturated carbocycles. The molecule has 2 aliphatic carbocycles. The van der Waals surface area contributed by atoms with Crippen LogP contribution in [0.4, 0.5) is 0 Å². The normalized spacial score (nSPS) is 35.4. The van der Waals surface area contributed by atoms with Gasteiger partial charge in [0.05, 0.1) is 16.8 Å². The largest absolute Gasteiger partial charge is 0.392 e. The fourth-order valence-electron chi connectivity index (χ4n) is 4.43. The van der Waals surface area contributed by atoms with Crippen molar-refractivity contribution in [3.63, 3.8) is 0 Å². The summed E-state index contributed by atoms with van der Waals surface area (Å²) in [5, 5.41) is 10.5. The van der Waals surface area contributed by atoms with Gasteiger partial charge >= 0.3 is 0 Å². The fraction of sp³-hybridized carbons (Fsp3) is 0.625. The molecule has 1 N–H and O–H groups in total. The molecule has 0 heterocycles. The fourth-order valence-corrected chi connectivity index (χ4v) is 6.55. The van der Waals surface area contributed by atoms with Gasteiger partial charge in [0.25, 0.3) is 0 Å². The van der Waals surface area contributed by atoms with Gasteiger partial charge < -0.3 is 5.11 Å². The van der Waals surface area contributed by atoms with E-state index in [-0.39, 0.29) is 11.2 Å². The Morgan fingerprint density at radius 1 is 1.25 bits per heavy atom. The molecule has 2 fully saturated rings. The molecule has 3 rings (SSSR count). The van der Waals surface area contributed by atoms with E-state index in [9.17, 15) is 13.5 Å². The Hall–Kier alpha value is -0.870. The maximum atomic E-state index is 12.7. The lowest BCUT2D eigenvalue weighted by molar-refractivity contribution is 0.0153. The lowest BCUT2D eigenvalue weighted by Crippen LogP contribution is -2.44. The quantitative estimate of drug-likeness (QED) is 0.932. The third kappa shape index (κ3) is 1.77. The van der Waals surface area contributed by atoms with Crippen molar-refractivity contribution in [1.82, 2.24) is 0 Å². The Labute approximate surface area is 120 Å². The van der Waals surface area contributed by atoms with E-state index in [1.165, 1.54) is 0 Å². The van der Waals surface area contributed by atoms with Crippen LogP contribution in [0.2, 0.25) is 0 Å². The summed E-state index contributed by atoms with van der Waals surface area (Å²) in [5.41, 5.74) is -0.583. The molecule has 0 radical (unpaired) electrons. The first-order valence-corrected chi connectivity index (χ1v) is 8.91. The van der Waals surface area contributed by atoms with E-state index in [1.54, 1.807) is 24.3 Å². The molecule has 3 nitrogen and oxygen atoms in total. The topological polar surface area (TPSA) is 54.4 Å². The highest BCUT2D eigenvalue weighted by molar-refractivity contribution is 7.91. The number of benzene rings is 1. The average molecular weight is 294 g/mol. The number of fused-ring (bicyclic) bond motifs is 2. The first-order valence-electron chi connectivity index (χ1n) is 7.25. The predicted molar refractivity (Wildman–Crippen MR) is 78.1 cm³/mol. The van der Waals surface area contributed by atoms with Gasteiger partial charge in [0, 0.05) is 5.41 Å². The van der Waals surface area contributed by atoms with Gasteiger partial charge in [0.1, 0.15) is 0 Å². The van der Waals surface area contributed by atoms with Crippen molar-refractivity contribution in [1.29, 1.82) is 0 Å². The van der Waals surface area contributed by atoms with Crippen LogP contribution in [0.5, 0.6) is 0 Å². The zero-order valence-electron chi connectivity index (χ0n) is 12.0. The molecule has 0 aliphatic heterocycles. The third-order valence-electron chi connectivity index (χ3n) is 5.94. The molecule has 0 amide bonds. The van der Waals surface area contributed by atoms with Crippen LogP contribution in [0, 0.1) is 16.7 Å². The van der Waals surface area contributed by atoms with Crippen molar-refractivity contribution in [2.24, 2.45) is 16.7 Å². The van der Waals surface area contributed by atoms with E-state index < -0.39 is 21.4 Å². The van der Waals surface area contributed by atoms with Crippen LogP contribution < -0.4 is 0 Å². The lowest BCUT2D eigenvalue weighted by Gasteiger charge is -2.40. The molecule has 110 valence electrons. The van der Waals surface area contributed by atoms with Crippen molar-refractivity contribution in [2.45, 2.75) is 44.1 Å². The number of aliphatic hydroxyl groups excluding tert-OH is 1. The monoisotopic (exact) mass is 294 g/mol. The van der Waals surface area contributed by atoms with Crippen molar-refractivity contribution < 1.29 is 13.5 Å². The molecule has 0 spiro atoms. The minimum absolute atomic E-state index is 0.0642. The Morgan fingerprint density at radius 3 is 2.40 bits per heavy atom. The van der Waals surface area contributed by atoms with E-state index in [4.69, 9.17) is 0 Å². The summed E-state index contributed by atoms with van der Waals surface area (Å²) in [6, 6.07) is 8.60. The summed E-state index contributed by atoms with van der Waals surface area (Å²) >= 11 is 0. The average Bonchev–Trinajstić information content (AvgIpc) is 2.73. The van der Waals surface area contributed by atoms with Crippen LogP contribution >= 0.6 is 0 Å². The molecular formula is C16H22O3S. The lowest BCUT2D eigenvalue weighted by atomic mass is 9.70. The molecule has 0 aromatic heterocycles. The van der Waals surface area contributed by atoms with Crippen molar-refractivity contribution in [3.05, 3.63) is 30.3 Å². The third-order valence-corrected chi connectivity index (χ3v) is 7.82. The molecule has 1 aromatic rings. The van der Waals surface area contributed by atoms with E-state index in [2.05, 4.69) is 13.8 Å². The Bertz CT molecular complexity index is 606. The van der Waals surface area contributed by atoms with Crippen LogP contribution in [0.1, 0.15) is 33.1 Å². The number of sulfone groups is 1. The molecular weight excluding hydrogens is 272 g/mol. The molecule has 2 bridgehead atoms. The van der Waals surface area contributed by atoms with Gasteiger partial charge in [-0.3, -0.25) is 0 Å². The number of aliphatic hydroxyl groups is 1. The summed E-state index contributed by atoms with van der Waals surface area (Å²) < 4.78 is 25.4. The zero-order valence-corrected chi connectivity index (χ0v) is 12.9. The van der Waals surface area contributed by atoms with Crippen LogP contribution in [-0.2, 0) is 9.84 Å². The minimum Gasteiger partial charge on any atom is -0.392 e. The van der Waals surface area contributed by atoms with E-state index in [1.807, 2.05) is 6.07 Å². The first kappa shape index (κ1) is 14.1. The van der Waals surface area contributed by atoms with Gasteiger partial charge in [-0.1, -0.05) is 32.0 Å². The number of hydrogen-bond acceptors (Lipinski definition) is 3. The maximum absolute atomic E-state index is 12.7. The van der Waals surface area contributed by atoms with Crippen LogP contribution in [0.25, 0.3) is 0 Å². The van der Waals surface area contributed by atoms with Gasteiger partial charge in [0.15, 0.2) is 9.84 Å². The molecule has 0 saturated heterocycles. The number of hydrogen-bond donors (Lipinski definition) is 1. The summed E-state index contributed by atoms with van der Waals surface area (Å²) in [7, 11) is -3.35. The maximum Gasteiger partial charge on any atom is 0.179 e. The first-order chi connectivity index (χ1) is 9.30. The van der Waals surface area contributed by atoms with Gasteiger partial charge in [-0.15, -0.1) is 0 Å². The molecule has 1 aromatic carbocycles. The standard InChI is InChI=1S/C16H22O3S/c1-15(2)12-8-9-16(15,14(17)10-12)11-20(18,19)13-6-4-3-5-7-13/h3-7,12,14,17H,8-11H2,1-2H3/t12?,14-,16?/m1/s1. The molecule has 20 heavy (non-hydrogen) atoms. The van der Waals surface area contributed by atoms with E-state index in [0.717, 1.165) is 19.3 Å². The van der Waals surface area contributed by atoms with Gasteiger partial charge in [-0.05, 0) is 42.7 Å². The van der Waals surface area contributed by atoms with E-state index >= 15 is 0 Å². The predicted octanol–water partition coefficient (Wildman–Crippen LogP) is 2.65. The summed E-state index contributed by atoms with van der Waals surface area (Å²) in [4.78, 5) is 0.368. The van der Waals surface area contributed by atoms with Gasteiger partial charge in [0.2, 0.25) is 0 Å². The van der Waals surface area contributed by atoms with Crippen LogP contribution in [0.3, 0.4) is 0 Å². The molecule has 4 heteroatoms. The number of rotatable bonds is 3. The minimum atomic E-state index is -3.35. The van der Waals surface area contributed by atoms with Crippen molar-refractivity contribution in [3.8, 4) is 0 Å². The Balaban J connectivity index is 1.99. The van der Waals surface area contributed by atoms with Crippen molar-refractivity contribution in [2.75, 3.05) is 5.75 Å². The molecule has 2 aliphatic rings. The Morgan fingerprint density at radius 2 is 1.90 bits per heavy atom. The summed E-state index contributed by atoms with van der Waals surface area (Å²) in [6.07, 6.45) is 2.11. The highest BCUT2D eigenvalue weighted by atomic mass is 32.2. The molecule has 3 atom stereocenters.